The number of aliphatic carboxylic acids is 1. The molecule has 3 rings (SSSR count). The summed E-state index contributed by atoms with van der Waals surface area (Å²) in [4.78, 5) is 16.7. The summed E-state index contributed by atoms with van der Waals surface area (Å²) in [5, 5.41) is 15.4. The van der Waals surface area contributed by atoms with Crippen molar-refractivity contribution in [2.45, 2.75) is 32.2 Å². The lowest BCUT2D eigenvalue weighted by molar-refractivity contribution is -0.137. The van der Waals surface area contributed by atoms with E-state index in [4.69, 9.17) is 5.11 Å². The van der Waals surface area contributed by atoms with E-state index in [-0.39, 0.29) is 24.0 Å². The van der Waals surface area contributed by atoms with Crippen molar-refractivity contribution in [2.24, 2.45) is 5.92 Å². The van der Waals surface area contributed by atoms with E-state index >= 15 is 0 Å². The van der Waals surface area contributed by atoms with E-state index in [2.05, 4.69) is 10.1 Å². The highest BCUT2D eigenvalue weighted by atomic mass is 32.2. The molecule has 24 heavy (non-hydrogen) atoms. The third-order valence-corrected chi connectivity index (χ3v) is 6.73. The number of carboxylic acid groups (broad SMARTS) is 1. The molecule has 9 heteroatoms. The molecule has 1 N–H and O–H groups in total. The molecule has 3 heterocycles. The van der Waals surface area contributed by atoms with Crippen LogP contribution in [0.3, 0.4) is 0 Å². The normalized spacial score (nSPS) is 17.8. The zero-order valence-corrected chi connectivity index (χ0v) is 14.7. The molecule has 0 amide bonds. The first-order chi connectivity index (χ1) is 11.4. The lowest BCUT2D eigenvalue weighted by Crippen LogP contribution is -2.25. The number of sulfone groups is 1. The van der Waals surface area contributed by atoms with Crippen LogP contribution in [0.15, 0.2) is 17.5 Å². The molecule has 2 aromatic heterocycles. The fourth-order valence-corrected chi connectivity index (χ4v) is 5.17. The highest BCUT2D eigenvalue weighted by Crippen LogP contribution is 2.23. The molecule has 0 radical (unpaired) electrons. The Hall–Kier alpha value is -1.74. The summed E-state index contributed by atoms with van der Waals surface area (Å²) in [5.41, 5.74) is 0. The number of nitrogens with zero attached hydrogens (tertiary/aromatic N) is 3. The van der Waals surface area contributed by atoms with Crippen molar-refractivity contribution in [3.63, 3.8) is 0 Å². The van der Waals surface area contributed by atoms with Gasteiger partial charge in [0.05, 0.1) is 11.5 Å². The van der Waals surface area contributed by atoms with E-state index in [1.807, 2.05) is 17.5 Å². The minimum atomic E-state index is -2.90. The van der Waals surface area contributed by atoms with Gasteiger partial charge < -0.3 is 5.11 Å². The van der Waals surface area contributed by atoms with E-state index in [1.165, 1.54) is 4.68 Å². The molecule has 1 saturated heterocycles. The van der Waals surface area contributed by atoms with Crippen LogP contribution in [-0.2, 0) is 34.0 Å². The van der Waals surface area contributed by atoms with Crippen molar-refractivity contribution in [3.05, 3.63) is 34.0 Å². The molecule has 0 spiro atoms. The summed E-state index contributed by atoms with van der Waals surface area (Å²) < 4.78 is 24.5. The molecule has 7 nitrogen and oxygen atoms in total. The van der Waals surface area contributed by atoms with Crippen LogP contribution in [0.4, 0.5) is 0 Å². The van der Waals surface area contributed by atoms with E-state index < -0.39 is 15.8 Å². The van der Waals surface area contributed by atoms with Crippen LogP contribution >= 0.6 is 11.3 Å². The Morgan fingerprint density at radius 1 is 1.38 bits per heavy atom. The highest BCUT2D eigenvalue weighted by Gasteiger charge is 2.26. The summed E-state index contributed by atoms with van der Waals surface area (Å²) in [6.45, 7) is -0.224. The summed E-state index contributed by atoms with van der Waals surface area (Å²) in [7, 11) is -2.90. The molecular weight excluding hydrogens is 350 g/mol. The predicted octanol–water partition coefficient (Wildman–Crippen LogP) is 1.38. The Bertz CT molecular complexity index is 798. The van der Waals surface area contributed by atoms with Crippen LogP contribution < -0.4 is 0 Å². The summed E-state index contributed by atoms with van der Waals surface area (Å²) in [5.74, 6) is 0.889. The molecule has 1 aliphatic rings. The second kappa shape index (κ2) is 7.02. The average Bonchev–Trinajstić information content (AvgIpc) is 3.12. The van der Waals surface area contributed by atoms with Crippen molar-refractivity contribution < 1.29 is 18.3 Å². The van der Waals surface area contributed by atoms with Gasteiger partial charge in [-0.25, -0.2) is 18.1 Å². The van der Waals surface area contributed by atoms with Crippen LogP contribution in [0.5, 0.6) is 0 Å². The Balaban J connectivity index is 1.74. The van der Waals surface area contributed by atoms with Crippen LogP contribution in [0, 0.1) is 5.92 Å². The van der Waals surface area contributed by atoms with Crippen LogP contribution in [0.25, 0.3) is 0 Å². The van der Waals surface area contributed by atoms with Gasteiger partial charge in [-0.3, -0.25) is 4.79 Å². The second-order valence-corrected chi connectivity index (χ2v) is 9.39. The van der Waals surface area contributed by atoms with Crippen molar-refractivity contribution in [1.82, 2.24) is 14.8 Å². The molecular formula is C15H19N3O4S2. The van der Waals surface area contributed by atoms with Gasteiger partial charge in [0.25, 0.3) is 0 Å². The number of hydrogen-bond donors (Lipinski definition) is 1. The number of rotatable bonds is 6. The number of aromatic nitrogens is 3. The molecule has 0 saturated carbocycles. The molecule has 0 unspecified atom stereocenters. The number of carbonyl (C=O) groups is 1. The average molecular weight is 369 g/mol. The lowest BCUT2D eigenvalue weighted by Gasteiger charge is -2.21. The Morgan fingerprint density at radius 3 is 2.75 bits per heavy atom. The molecule has 1 aliphatic heterocycles. The molecule has 130 valence electrons. The predicted molar refractivity (Wildman–Crippen MR) is 89.9 cm³/mol. The van der Waals surface area contributed by atoms with Crippen molar-refractivity contribution >= 4 is 27.1 Å². The molecule has 0 atom stereocenters. The Labute approximate surface area is 144 Å². The third kappa shape index (κ3) is 4.41. The van der Waals surface area contributed by atoms with Crippen LogP contribution in [0.1, 0.15) is 29.4 Å². The zero-order valence-electron chi connectivity index (χ0n) is 13.1. The maximum atomic E-state index is 11.5. The maximum absolute atomic E-state index is 11.5. The number of thiophene rings is 1. The topological polar surface area (TPSA) is 102 Å². The first-order valence-electron chi connectivity index (χ1n) is 7.78. The quantitative estimate of drug-likeness (QED) is 0.825. The lowest BCUT2D eigenvalue weighted by atomic mass is 9.98. The van der Waals surface area contributed by atoms with Gasteiger partial charge in [0, 0.05) is 17.7 Å². The van der Waals surface area contributed by atoms with Gasteiger partial charge >= 0.3 is 5.97 Å². The Morgan fingerprint density at radius 2 is 2.12 bits per heavy atom. The number of carboxylic acids is 1. The van der Waals surface area contributed by atoms with E-state index in [1.54, 1.807) is 11.3 Å². The van der Waals surface area contributed by atoms with Gasteiger partial charge in [-0.15, -0.1) is 11.3 Å². The Kier molecular flexibility index (Phi) is 5.00. The molecule has 1 fully saturated rings. The van der Waals surface area contributed by atoms with Crippen LogP contribution in [0.2, 0.25) is 0 Å². The van der Waals surface area contributed by atoms with Gasteiger partial charge in [0.2, 0.25) is 0 Å². The summed E-state index contributed by atoms with van der Waals surface area (Å²) in [6.07, 6.45) is 2.35. The molecule has 0 aromatic carbocycles. The molecule has 2 aromatic rings. The van der Waals surface area contributed by atoms with Crippen molar-refractivity contribution in [1.29, 1.82) is 0 Å². The van der Waals surface area contributed by atoms with Gasteiger partial charge in [-0.05, 0) is 30.2 Å². The summed E-state index contributed by atoms with van der Waals surface area (Å²) >= 11 is 1.61. The van der Waals surface area contributed by atoms with Crippen molar-refractivity contribution in [3.8, 4) is 0 Å². The second-order valence-electron chi connectivity index (χ2n) is 6.05. The first kappa shape index (κ1) is 17.1. The van der Waals surface area contributed by atoms with E-state index in [0.717, 1.165) is 4.88 Å². The standard InChI is InChI=1S/C15H19N3O4S2/c19-15(20)10-18-14(8-11-3-6-24(21,22)7-4-11)16-13(17-18)9-12-2-1-5-23-12/h1-2,5,11H,3-4,6-10H2,(H,19,20). The molecule has 0 aliphatic carbocycles. The van der Waals surface area contributed by atoms with Crippen LogP contribution in [-0.4, -0.2) is 45.8 Å². The smallest absolute Gasteiger partial charge is 0.325 e. The maximum Gasteiger partial charge on any atom is 0.325 e. The third-order valence-electron chi connectivity index (χ3n) is 4.14. The first-order valence-corrected chi connectivity index (χ1v) is 10.5. The molecule has 0 bridgehead atoms. The fraction of sp³-hybridized carbons (Fsp3) is 0.533. The highest BCUT2D eigenvalue weighted by molar-refractivity contribution is 7.91. The van der Waals surface area contributed by atoms with Gasteiger partial charge in [0.1, 0.15) is 22.2 Å². The van der Waals surface area contributed by atoms with Gasteiger partial charge in [-0.1, -0.05) is 6.07 Å². The fourth-order valence-electron chi connectivity index (χ4n) is 2.88. The minimum absolute atomic E-state index is 0.201. The van der Waals surface area contributed by atoms with Crippen molar-refractivity contribution in [2.75, 3.05) is 11.5 Å². The zero-order chi connectivity index (χ0) is 17.2. The van der Waals surface area contributed by atoms with E-state index in [9.17, 15) is 13.2 Å². The minimum Gasteiger partial charge on any atom is -0.480 e. The van der Waals surface area contributed by atoms with E-state index in [0.29, 0.717) is 37.3 Å². The number of hydrogen-bond acceptors (Lipinski definition) is 6. The SMILES string of the molecule is O=C(O)Cn1nc(Cc2cccs2)nc1CC1CCS(=O)(=O)CC1. The largest absolute Gasteiger partial charge is 0.480 e. The monoisotopic (exact) mass is 369 g/mol. The summed E-state index contributed by atoms with van der Waals surface area (Å²) in [6, 6.07) is 3.95. The van der Waals surface area contributed by atoms with Gasteiger partial charge in [0.15, 0.2) is 5.82 Å². The van der Waals surface area contributed by atoms with Gasteiger partial charge in [-0.2, -0.15) is 5.10 Å².